The van der Waals surface area contributed by atoms with Crippen LogP contribution in [-0.2, 0) is 11.3 Å². The normalized spacial score (nSPS) is 12.4. The Balaban J connectivity index is 1.97. The predicted octanol–water partition coefficient (Wildman–Crippen LogP) is 1.68. The lowest BCUT2D eigenvalue weighted by Crippen LogP contribution is -2.39. The molecule has 1 amide bonds. The molecule has 1 unspecified atom stereocenters. The van der Waals surface area contributed by atoms with E-state index in [4.69, 9.17) is 5.11 Å². The van der Waals surface area contributed by atoms with Crippen molar-refractivity contribution in [3.63, 3.8) is 0 Å². The average Bonchev–Trinajstić information content (AvgIpc) is 3.18. The second-order valence-electron chi connectivity index (χ2n) is 5.14. The molecule has 8 heteroatoms. The van der Waals surface area contributed by atoms with Gasteiger partial charge in [-0.15, -0.1) is 22.7 Å². The van der Waals surface area contributed by atoms with Crippen molar-refractivity contribution in [2.45, 2.75) is 19.5 Å². The van der Waals surface area contributed by atoms with Crippen molar-refractivity contribution in [2.75, 3.05) is 6.61 Å². The van der Waals surface area contributed by atoms with Gasteiger partial charge in [0, 0.05) is 21.9 Å². The topological polar surface area (TPSA) is 84.2 Å². The molecule has 3 aromatic heterocycles. The number of rotatable bonds is 5. The number of fused-ring (bicyclic) bond motifs is 1. The van der Waals surface area contributed by atoms with E-state index in [1.54, 1.807) is 18.3 Å². The molecular formula is C15H15N3O3S2. The van der Waals surface area contributed by atoms with Gasteiger partial charge >= 0.3 is 0 Å². The summed E-state index contributed by atoms with van der Waals surface area (Å²) in [7, 11) is 0. The largest absolute Gasteiger partial charge is 0.394 e. The van der Waals surface area contributed by atoms with Crippen LogP contribution in [0, 0.1) is 0 Å². The molecule has 0 aromatic carbocycles. The highest BCUT2D eigenvalue weighted by Crippen LogP contribution is 2.33. The number of thiophene rings is 2. The molecule has 3 heterocycles. The maximum atomic E-state index is 12.7. The van der Waals surface area contributed by atoms with Crippen LogP contribution < -0.4 is 10.9 Å². The zero-order valence-corrected chi connectivity index (χ0v) is 14.0. The van der Waals surface area contributed by atoms with Crippen LogP contribution >= 0.6 is 22.7 Å². The molecule has 3 aromatic rings. The zero-order chi connectivity index (χ0) is 16.4. The van der Waals surface area contributed by atoms with Gasteiger partial charge in [0.1, 0.15) is 11.4 Å². The van der Waals surface area contributed by atoms with Gasteiger partial charge < -0.3 is 10.4 Å². The number of carbonyl (C=O) groups excluding carboxylic acids is 1. The Morgan fingerprint density at radius 3 is 3.00 bits per heavy atom. The lowest BCUT2D eigenvalue weighted by Gasteiger charge is -2.11. The van der Waals surface area contributed by atoms with Crippen molar-refractivity contribution >= 4 is 38.8 Å². The number of amides is 1. The second-order valence-corrected chi connectivity index (χ2v) is 6.94. The third-order valence-electron chi connectivity index (χ3n) is 3.34. The molecule has 6 nitrogen and oxygen atoms in total. The standard InChI is InChI=1S/C15H15N3O3S2/c1-9(6-19)17-12(20)5-18-8-16-14-13(15(18)21)10(7-23-14)11-3-2-4-22-11/h2-4,7-9,19H,5-6H2,1H3,(H,17,20). The van der Waals surface area contributed by atoms with Gasteiger partial charge in [-0.2, -0.15) is 0 Å². The highest BCUT2D eigenvalue weighted by Gasteiger charge is 2.15. The van der Waals surface area contributed by atoms with Crippen LogP contribution in [0.25, 0.3) is 20.7 Å². The van der Waals surface area contributed by atoms with Gasteiger partial charge in [-0.05, 0) is 18.4 Å². The lowest BCUT2D eigenvalue weighted by atomic mass is 10.2. The van der Waals surface area contributed by atoms with Crippen LogP contribution in [0.2, 0.25) is 0 Å². The summed E-state index contributed by atoms with van der Waals surface area (Å²) >= 11 is 2.98. The van der Waals surface area contributed by atoms with E-state index in [0.29, 0.717) is 10.2 Å². The maximum Gasteiger partial charge on any atom is 0.263 e. The van der Waals surface area contributed by atoms with E-state index >= 15 is 0 Å². The Morgan fingerprint density at radius 1 is 1.48 bits per heavy atom. The molecule has 2 N–H and O–H groups in total. The molecule has 0 fully saturated rings. The molecule has 0 radical (unpaired) electrons. The monoisotopic (exact) mass is 349 g/mol. The Kier molecular flexibility index (Phi) is 4.56. The third kappa shape index (κ3) is 3.19. The summed E-state index contributed by atoms with van der Waals surface area (Å²) in [6.45, 7) is 1.42. The first-order chi connectivity index (χ1) is 11.1. The summed E-state index contributed by atoms with van der Waals surface area (Å²) in [4.78, 5) is 30.6. The van der Waals surface area contributed by atoms with Crippen LogP contribution in [0.4, 0.5) is 0 Å². The molecule has 23 heavy (non-hydrogen) atoms. The van der Waals surface area contributed by atoms with Gasteiger partial charge in [-0.1, -0.05) is 6.07 Å². The van der Waals surface area contributed by atoms with E-state index in [-0.39, 0.29) is 30.7 Å². The van der Waals surface area contributed by atoms with Gasteiger partial charge in [0.25, 0.3) is 5.56 Å². The first kappa shape index (κ1) is 15.9. The summed E-state index contributed by atoms with van der Waals surface area (Å²) < 4.78 is 1.30. The van der Waals surface area contributed by atoms with Crippen molar-refractivity contribution in [1.29, 1.82) is 0 Å². The maximum absolute atomic E-state index is 12.7. The zero-order valence-electron chi connectivity index (χ0n) is 12.4. The molecule has 0 bridgehead atoms. The van der Waals surface area contributed by atoms with Gasteiger partial charge in [-0.3, -0.25) is 14.2 Å². The summed E-state index contributed by atoms with van der Waals surface area (Å²) in [5, 5.41) is 16.0. The van der Waals surface area contributed by atoms with E-state index in [0.717, 1.165) is 10.4 Å². The van der Waals surface area contributed by atoms with Crippen molar-refractivity contribution in [1.82, 2.24) is 14.9 Å². The third-order valence-corrected chi connectivity index (χ3v) is 5.13. The Bertz CT molecular complexity index is 883. The number of hydrogen-bond acceptors (Lipinski definition) is 6. The molecule has 3 rings (SSSR count). The first-order valence-electron chi connectivity index (χ1n) is 7.01. The molecule has 0 spiro atoms. The van der Waals surface area contributed by atoms with Crippen molar-refractivity contribution in [3.8, 4) is 10.4 Å². The summed E-state index contributed by atoms with van der Waals surface area (Å²) in [6.07, 6.45) is 1.39. The van der Waals surface area contributed by atoms with Crippen LogP contribution in [0.15, 0.2) is 34.0 Å². The Labute approximate surface area is 140 Å². The van der Waals surface area contributed by atoms with E-state index in [9.17, 15) is 9.59 Å². The van der Waals surface area contributed by atoms with Crippen molar-refractivity contribution in [3.05, 3.63) is 39.6 Å². The predicted molar refractivity (Wildman–Crippen MR) is 91.9 cm³/mol. The SMILES string of the molecule is CC(CO)NC(=O)Cn1cnc2scc(-c3cccs3)c2c1=O. The quantitative estimate of drug-likeness (QED) is 0.734. The van der Waals surface area contributed by atoms with Gasteiger partial charge in [0.05, 0.1) is 18.3 Å². The number of aromatic nitrogens is 2. The Hall–Kier alpha value is -2.03. The van der Waals surface area contributed by atoms with E-state index in [1.165, 1.54) is 22.2 Å². The van der Waals surface area contributed by atoms with Crippen LogP contribution in [0.5, 0.6) is 0 Å². The summed E-state index contributed by atoms with van der Waals surface area (Å²) in [5.74, 6) is -0.331. The summed E-state index contributed by atoms with van der Waals surface area (Å²) in [5.41, 5.74) is 0.627. The molecule has 0 saturated heterocycles. The second kappa shape index (κ2) is 6.61. The van der Waals surface area contributed by atoms with Gasteiger partial charge in [0.2, 0.25) is 5.91 Å². The fourth-order valence-electron chi connectivity index (χ4n) is 2.21. The van der Waals surface area contributed by atoms with Gasteiger partial charge in [-0.25, -0.2) is 4.98 Å². The molecule has 0 aliphatic carbocycles. The van der Waals surface area contributed by atoms with Crippen molar-refractivity contribution in [2.24, 2.45) is 0 Å². The van der Waals surface area contributed by atoms with Crippen LogP contribution in [-0.4, -0.2) is 33.2 Å². The highest BCUT2D eigenvalue weighted by atomic mass is 32.1. The Morgan fingerprint density at radius 2 is 2.30 bits per heavy atom. The van der Waals surface area contributed by atoms with Crippen LogP contribution in [0.3, 0.4) is 0 Å². The molecule has 0 aliphatic rings. The molecule has 120 valence electrons. The minimum absolute atomic E-state index is 0.119. The van der Waals surface area contributed by atoms with Crippen LogP contribution in [0.1, 0.15) is 6.92 Å². The molecule has 0 saturated carbocycles. The lowest BCUT2D eigenvalue weighted by molar-refractivity contribution is -0.122. The average molecular weight is 349 g/mol. The fraction of sp³-hybridized carbons (Fsp3) is 0.267. The molecular weight excluding hydrogens is 334 g/mol. The summed E-state index contributed by atoms with van der Waals surface area (Å²) in [6, 6.07) is 3.54. The molecule has 0 aliphatic heterocycles. The first-order valence-corrected chi connectivity index (χ1v) is 8.77. The van der Waals surface area contributed by atoms with Crippen molar-refractivity contribution < 1.29 is 9.90 Å². The van der Waals surface area contributed by atoms with E-state index < -0.39 is 0 Å². The van der Waals surface area contributed by atoms with E-state index in [2.05, 4.69) is 10.3 Å². The number of aliphatic hydroxyl groups excluding tert-OH is 1. The number of aliphatic hydroxyl groups is 1. The number of nitrogens with one attached hydrogen (secondary N) is 1. The molecule has 1 atom stereocenters. The van der Waals surface area contributed by atoms with E-state index in [1.807, 2.05) is 22.9 Å². The minimum atomic E-state index is -0.349. The number of carbonyl (C=O) groups is 1. The number of nitrogens with zero attached hydrogens (tertiary/aromatic N) is 2. The smallest absolute Gasteiger partial charge is 0.263 e. The number of hydrogen-bond donors (Lipinski definition) is 2. The fourth-order valence-corrected chi connectivity index (χ4v) is 3.94. The minimum Gasteiger partial charge on any atom is -0.394 e. The highest BCUT2D eigenvalue weighted by molar-refractivity contribution is 7.18. The van der Waals surface area contributed by atoms with Gasteiger partial charge in [0.15, 0.2) is 0 Å².